The Bertz CT molecular complexity index is 577. The lowest BCUT2D eigenvalue weighted by molar-refractivity contribution is -0.217. The van der Waals surface area contributed by atoms with Gasteiger partial charge >= 0.3 is 6.61 Å². The fourth-order valence-corrected chi connectivity index (χ4v) is 3.19. The van der Waals surface area contributed by atoms with E-state index in [9.17, 15) is 8.78 Å². The van der Waals surface area contributed by atoms with E-state index in [2.05, 4.69) is 10.8 Å². The van der Waals surface area contributed by atoms with Gasteiger partial charge in [-0.25, -0.2) is 0 Å². The van der Waals surface area contributed by atoms with E-state index in [0.29, 0.717) is 32.3 Å². The van der Waals surface area contributed by atoms with Crippen molar-refractivity contribution in [3.63, 3.8) is 0 Å². The molecule has 1 aromatic carbocycles. The molecule has 0 aromatic heterocycles. The lowest BCUT2D eigenvalue weighted by Crippen LogP contribution is -2.33. The van der Waals surface area contributed by atoms with Crippen molar-refractivity contribution in [2.45, 2.75) is 39.0 Å². The van der Waals surface area contributed by atoms with Crippen molar-refractivity contribution >= 4 is 0 Å². The van der Waals surface area contributed by atoms with Gasteiger partial charge in [-0.1, -0.05) is 24.3 Å². The largest absolute Gasteiger partial charge is 0.435 e. The first-order valence-corrected chi connectivity index (χ1v) is 9.28. The minimum Gasteiger partial charge on any atom is -0.435 e. The lowest BCUT2D eigenvalue weighted by Gasteiger charge is -2.32. The van der Waals surface area contributed by atoms with Gasteiger partial charge in [-0.15, -0.1) is 0 Å². The number of rotatable bonds is 7. The van der Waals surface area contributed by atoms with Crippen molar-refractivity contribution < 1.29 is 32.5 Å². The summed E-state index contributed by atoms with van der Waals surface area (Å²) in [5.74, 6) is 0.737. The fourth-order valence-electron chi connectivity index (χ4n) is 3.19. The molecule has 0 radical (unpaired) electrons. The van der Waals surface area contributed by atoms with E-state index in [1.54, 1.807) is 12.1 Å². The SMILES string of the molecule is CC=C[C@H]1CO[C@H](CC[C@H]2CO[C@H](c3ccc(OC(F)F)cc3)OC2)OC1. The number of allylic oxidation sites excluding steroid dienone is 1. The predicted molar refractivity (Wildman–Crippen MR) is 94.4 cm³/mol. The number of halogens is 2. The first-order chi connectivity index (χ1) is 13.1. The maximum Gasteiger partial charge on any atom is 0.387 e. The molecule has 150 valence electrons. The molecule has 0 atom stereocenters. The van der Waals surface area contributed by atoms with Gasteiger partial charge in [-0.2, -0.15) is 8.78 Å². The zero-order valence-corrected chi connectivity index (χ0v) is 15.4. The molecule has 0 saturated carbocycles. The first-order valence-electron chi connectivity index (χ1n) is 9.28. The molecule has 0 aliphatic carbocycles. The van der Waals surface area contributed by atoms with Crippen molar-refractivity contribution in [3.05, 3.63) is 42.0 Å². The molecule has 2 aliphatic rings. The molecule has 2 fully saturated rings. The molecule has 27 heavy (non-hydrogen) atoms. The van der Waals surface area contributed by atoms with Crippen molar-refractivity contribution in [1.82, 2.24) is 0 Å². The lowest BCUT2D eigenvalue weighted by atomic mass is 10.0. The zero-order chi connectivity index (χ0) is 19.1. The van der Waals surface area contributed by atoms with Crippen LogP contribution in [0, 0.1) is 11.8 Å². The molecular weight excluding hydrogens is 358 g/mol. The van der Waals surface area contributed by atoms with Crippen LogP contribution >= 0.6 is 0 Å². The Morgan fingerprint density at radius 1 is 1.00 bits per heavy atom. The van der Waals surface area contributed by atoms with Gasteiger partial charge in [0.1, 0.15) is 5.75 Å². The number of alkyl halides is 2. The molecule has 2 saturated heterocycles. The number of benzene rings is 1. The van der Waals surface area contributed by atoms with E-state index in [-0.39, 0.29) is 18.0 Å². The van der Waals surface area contributed by atoms with E-state index in [0.717, 1.165) is 18.4 Å². The second-order valence-electron chi connectivity index (χ2n) is 6.77. The smallest absolute Gasteiger partial charge is 0.387 e. The predicted octanol–water partition coefficient (Wildman–Crippen LogP) is 4.30. The molecule has 0 amide bonds. The van der Waals surface area contributed by atoms with Crippen molar-refractivity contribution in [2.24, 2.45) is 11.8 Å². The molecule has 3 rings (SSSR count). The summed E-state index contributed by atoms with van der Waals surface area (Å²) in [5.41, 5.74) is 0.782. The fraction of sp³-hybridized carbons (Fsp3) is 0.600. The van der Waals surface area contributed by atoms with Gasteiger partial charge in [-0.05, 0) is 31.9 Å². The van der Waals surface area contributed by atoms with Crippen LogP contribution in [0.4, 0.5) is 8.78 Å². The highest BCUT2D eigenvalue weighted by Crippen LogP contribution is 2.29. The third-order valence-corrected chi connectivity index (χ3v) is 4.61. The van der Waals surface area contributed by atoms with E-state index in [4.69, 9.17) is 18.9 Å². The Hall–Kier alpha value is -1.54. The van der Waals surface area contributed by atoms with Crippen LogP contribution in [-0.2, 0) is 18.9 Å². The monoisotopic (exact) mass is 384 g/mol. The summed E-state index contributed by atoms with van der Waals surface area (Å²) in [6.45, 7) is 1.71. The van der Waals surface area contributed by atoms with Gasteiger partial charge in [0, 0.05) is 17.4 Å². The van der Waals surface area contributed by atoms with Gasteiger partial charge < -0.3 is 23.7 Å². The molecule has 0 N–H and O–H groups in total. The summed E-state index contributed by atoms with van der Waals surface area (Å²) in [4.78, 5) is 0. The highest BCUT2D eigenvalue weighted by Gasteiger charge is 2.26. The molecule has 2 heterocycles. The molecule has 0 spiro atoms. The number of ether oxygens (including phenoxy) is 5. The van der Waals surface area contributed by atoms with Crippen LogP contribution in [-0.4, -0.2) is 39.3 Å². The summed E-state index contributed by atoms with van der Waals surface area (Å²) < 4.78 is 51.8. The molecule has 2 aliphatic heterocycles. The van der Waals surface area contributed by atoms with Crippen molar-refractivity contribution in [3.8, 4) is 5.75 Å². The minimum absolute atomic E-state index is 0.117. The molecule has 5 nitrogen and oxygen atoms in total. The zero-order valence-electron chi connectivity index (χ0n) is 15.4. The van der Waals surface area contributed by atoms with Crippen LogP contribution in [0.1, 0.15) is 31.6 Å². The van der Waals surface area contributed by atoms with E-state index in [1.807, 2.05) is 13.0 Å². The van der Waals surface area contributed by atoms with Crippen molar-refractivity contribution in [2.75, 3.05) is 26.4 Å². The van der Waals surface area contributed by atoms with E-state index < -0.39 is 12.9 Å². The highest BCUT2D eigenvalue weighted by atomic mass is 19.3. The molecule has 1 aromatic rings. The Balaban J connectivity index is 1.36. The topological polar surface area (TPSA) is 46.2 Å². The van der Waals surface area contributed by atoms with Gasteiger partial charge in [0.25, 0.3) is 0 Å². The Labute approximate surface area is 158 Å². The maximum absolute atomic E-state index is 12.2. The number of hydrogen-bond donors (Lipinski definition) is 0. The first kappa shape index (κ1) is 20.2. The average molecular weight is 384 g/mol. The summed E-state index contributed by atoms with van der Waals surface area (Å²) in [6, 6.07) is 6.32. The van der Waals surface area contributed by atoms with E-state index in [1.165, 1.54) is 12.1 Å². The van der Waals surface area contributed by atoms with Crippen LogP contribution in [0.15, 0.2) is 36.4 Å². The van der Waals surface area contributed by atoms with Gasteiger partial charge in [0.15, 0.2) is 12.6 Å². The molecule has 7 heteroatoms. The molecule has 0 unspecified atom stereocenters. The molecular formula is C20H26F2O5. The summed E-state index contributed by atoms with van der Waals surface area (Å²) >= 11 is 0. The van der Waals surface area contributed by atoms with Crippen LogP contribution in [0.5, 0.6) is 5.75 Å². The third kappa shape index (κ3) is 6.24. The minimum atomic E-state index is -2.83. The summed E-state index contributed by atoms with van der Waals surface area (Å²) in [5, 5.41) is 0. The van der Waals surface area contributed by atoms with Crippen LogP contribution in [0.3, 0.4) is 0 Å². The third-order valence-electron chi connectivity index (χ3n) is 4.61. The van der Waals surface area contributed by atoms with Crippen LogP contribution < -0.4 is 4.74 Å². The quantitative estimate of drug-likeness (QED) is 0.656. The standard InChI is InChI=1S/C20H26F2O5/c1-2-3-14-10-23-18(24-11-14)9-4-15-12-25-19(26-13-15)16-5-7-17(8-6-16)27-20(21)22/h2-3,5-8,14-15,18-20H,4,9-13H2,1H3/t14-,15-,18-,19-. The van der Waals surface area contributed by atoms with Crippen LogP contribution in [0.2, 0.25) is 0 Å². The van der Waals surface area contributed by atoms with Gasteiger partial charge in [0.2, 0.25) is 0 Å². The molecule has 0 bridgehead atoms. The Kier molecular flexibility index (Phi) is 7.58. The second-order valence-corrected chi connectivity index (χ2v) is 6.77. The van der Waals surface area contributed by atoms with E-state index >= 15 is 0 Å². The van der Waals surface area contributed by atoms with Crippen molar-refractivity contribution in [1.29, 1.82) is 0 Å². The number of hydrogen-bond acceptors (Lipinski definition) is 5. The maximum atomic E-state index is 12.2. The normalized spacial score (nSPS) is 29.3. The highest BCUT2D eigenvalue weighted by molar-refractivity contribution is 5.28. The second kappa shape index (κ2) is 10.1. The summed E-state index contributed by atoms with van der Waals surface area (Å²) in [6.07, 6.45) is 5.18. The summed E-state index contributed by atoms with van der Waals surface area (Å²) in [7, 11) is 0. The van der Waals surface area contributed by atoms with Gasteiger partial charge in [0.05, 0.1) is 26.4 Å². The Morgan fingerprint density at radius 3 is 2.26 bits per heavy atom. The Morgan fingerprint density at radius 2 is 1.67 bits per heavy atom. The average Bonchev–Trinajstić information content (AvgIpc) is 2.68. The van der Waals surface area contributed by atoms with Gasteiger partial charge in [-0.3, -0.25) is 0 Å². The van der Waals surface area contributed by atoms with Crippen LogP contribution in [0.25, 0.3) is 0 Å².